The van der Waals surface area contributed by atoms with Crippen LogP contribution >= 0.6 is 23.2 Å². The highest BCUT2D eigenvalue weighted by Gasteiger charge is 2.26. The van der Waals surface area contributed by atoms with Crippen molar-refractivity contribution < 1.29 is 4.74 Å². The van der Waals surface area contributed by atoms with Crippen LogP contribution in [0.5, 0.6) is 5.75 Å². The van der Waals surface area contributed by atoms with Crippen LogP contribution in [0.25, 0.3) is 0 Å². The van der Waals surface area contributed by atoms with E-state index in [-0.39, 0.29) is 0 Å². The summed E-state index contributed by atoms with van der Waals surface area (Å²) in [6.07, 6.45) is 6.44. The average Bonchev–Trinajstić information content (AvgIpc) is 2.45. The van der Waals surface area contributed by atoms with Gasteiger partial charge in [-0.3, -0.25) is 0 Å². The Morgan fingerprint density at radius 3 is 2.90 bits per heavy atom. The van der Waals surface area contributed by atoms with Gasteiger partial charge in [0, 0.05) is 23.0 Å². The summed E-state index contributed by atoms with van der Waals surface area (Å²) in [6, 6.07) is 4.05. The number of benzene rings is 1. The predicted molar refractivity (Wildman–Crippen MR) is 88.4 cm³/mol. The number of ether oxygens (including phenoxy) is 1. The van der Waals surface area contributed by atoms with Crippen LogP contribution in [0, 0.1) is 11.8 Å². The Bertz CT molecular complexity index is 506. The molecule has 0 aromatic heterocycles. The molecule has 1 aromatic rings. The fourth-order valence-corrected chi connectivity index (χ4v) is 4.26. The lowest BCUT2D eigenvalue weighted by Crippen LogP contribution is -2.32. The predicted octanol–water partition coefficient (Wildman–Crippen LogP) is 5.23. The highest BCUT2D eigenvalue weighted by molar-refractivity contribution is 6.35. The molecule has 1 fully saturated rings. The number of fused-ring (bicyclic) bond motifs is 1. The molecule has 21 heavy (non-hydrogen) atoms. The molecule has 1 aliphatic carbocycles. The van der Waals surface area contributed by atoms with Crippen molar-refractivity contribution in [3.8, 4) is 5.75 Å². The molecule has 0 radical (unpaired) electrons. The topological polar surface area (TPSA) is 21.3 Å². The molecule has 3 unspecified atom stereocenters. The summed E-state index contributed by atoms with van der Waals surface area (Å²) in [5.74, 6) is 2.48. The van der Waals surface area contributed by atoms with Crippen LogP contribution in [0.15, 0.2) is 12.1 Å². The van der Waals surface area contributed by atoms with Crippen molar-refractivity contribution in [1.29, 1.82) is 0 Å². The Morgan fingerprint density at radius 1 is 1.24 bits per heavy atom. The summed E-state index contributed by atoms with van der Waals surface area (Å²) in [5.41, 5.74) is 1.11. The van der Waals surface area contributed by atoms with Crippen LogP contribution in [0.2, 0.25) is 10.0 Å². The summed E-state index contributed by atoms with van der Waals surface area (Å²) >= 11 is 12.4. The van der Waals surface area contributed by atoms with Crippen molar-refractivity contribution in [2.24, 2.45) is 11.8 Å². The summed E-state index contributed by atoms with van der Waals surface area (Å²) in [6.45, 7) is 4.17. The van der Waals surface area contributed by atoms with Crippen LogP contribution in [0.3, 0.4) is 0 Å². The van der Waals surface area contributed by atoms with Gasteiger partial charge in [0.2, 0.25) is 0 Å². The van der Waals surface area contributed by atoms with Crippen LogP contribution < -0.4 is 10.1 Å². The molecule has 1 aromatic carbocycles. The van der Waals surface area contributed by atoms with E-state index < -0.39 is 0 Å². The minimum Gasteiger partial charge on any atom is -0.492 e. The van der Waals surface area contributed by atoms with E-state index in [1.54, 1.807) is 6.07 Å². The quantitative estimate of drug-likeness (QED) is 0.820. The Morgan fingerprint density at radius 2 is 2.10 bits per heavy atom. The van der Waals surface area contributed by atoms with Crippen molar-refractivity contribution >= 4 is 23.2 Å². The zero-order chi connectivity index (χ0) is 14.8. The normalized spacial score (nSPS) is 28.8. The van der Waals surface area contributed by atoms with Gasteiger partial charge in [0.25, 0.3) is 0 Å². The van der Waals surface area contributed by atoms with E-state index in [0.717, 1.165) is 36.1 Å². The van der Waals surface area contributed by atoms with Gasteiger partial charge in [0.1, 0.15) is 5.75 Å². The number of hydrogen-bond donors (Lipinski definition) is 1. The highest BCUT2D eigenvalue weighted by Crippen LogP contribution is 2.40. The van der Waals surface area contributed by atoms with Crippen LogP contribution in [-0.4, -0.2) is 13.2 Å². The minimum absolute atomic E-state index is 0.308. The summed E-state index contributed by atoms with van der Waals surface area (Å²) in [4.78, 5) is 0. The van der Waals surface area contributed by atoms with Crippen molar-refractivity contribution in [2.45, 2.75) is 45.1 Å². The number of nitrogens with one attached hydrogen (secondary N) is 1. The van der Waals surface area contributed by atoms with E-state index in [4.69, 9.17) is 27.9 Å². The number of halogens is 2. The molecule has 2 nitrogen and oxygen atoms in total. The van der Waals surface area contributed by atoms with E-state index in [0.29, 0.717) is 22.7 Å². The SMILES string of the molecule is CC1CCCC(CNC2CCOc3c(Cl)cc(Cl)cc32)C1. The third-order valence-corrected chi connectivity index (χ3v) is 5.26. The molecule has 0 spiro atoms. The molecule has 1 heterocycles. The van der Waals surface area contributed by atoms with Gasteiger partial charge in [0.05, 0.1) is 11.6 Å². The molecule has 0 saturated heterocycles. The molecule has 3 atom stereocenters. The average molecular weight is 328 g/mol. The molecule has 1 saturated carbocycles. The smallest absolute Gasteiger partial charge is 0.142 e. The van der Waals surface area contributed by atoms with E-state index in [1.165, 1.54) is 25.7 Å². The largest absolute Gasteiger partial charge is 0.492 e. The molecule has 0 bridgehead atoms. The maximum Gasteiger partial charge on any atom is 0.142 e. The zero-order valence-electron chi connectivity index (χ0n) is 12.5. The van der Waals surface area contributed by atoms with Crippen molar-refractivity contribution in [3.05, 3.63) is 27.7 Å². The Balaban J connectivity index is 1.67. The highest BCUT2D eigenvalue weighted by atomic mass is 35.5. The minimum atomic E-state index is 0.308. The summed E-state index contributed by atoms with van der Waals surface area (Å²) < 4.78 is 5.72. The molecule has 0 amide bonds. The van der Waals surface area contributed by atoms with Gasteiger partial charge in [-0.2, -0.15) is 0 Å². The third kappa shape index (κ3) is 3.67. The number of hydrogen-bond acceptors (Lipinski definition) is 2. The zero-order valence-corrected chi connectivity index (χ0v) is 14.0. The van der Waals surface area contributed by atoms with Crippen molar-refractivity contribution in [3.63, 3.8) is 0 Å². The third-order valence-electron chi connectivity index (χ3n) is 4.76. The first-order valence-corrected chi connectivity index (χ1v) is 8.74. The molecule has 3 rings (SSSR count). The second-order valence-electron chi connectivity index (χ2n) is 6.54. The van der Waals surface area contributed by atoms with Crippen LogP contribution in [-0.2, 0) is 0 Å². The lowest BCUT2D eigenvalue weighted by atomic mass is 9.82. The molecule has 1 N–H and O–H groups in total. The molecule has 1 aliphatic heterocycles. The summed E-state index contributed by atoms with van der Waals surface area (Å²) in [7, 11) is 0. The second-order valence-corrected chi connectivity index (χ2v) is 7.39. The van der Waals surface area contributed by atoms with Gasteiger partial charge in [-0.25, -0.2) is 0 Å². The maximum atomic E-state index is 6.24. The van der Waals surface area contributed by atoms with E-state index >= 15 is 0 Å². The first-order chi connectivity index (χ1) is 10.1. The van der Waals surface area contributed by atoms with E-state index in [9.17, 15) is 0 Å². The van der Waals surface area contributed by atoms with Gasteiger partial charge in [-0.15, -0.1) is 0 Å². The molecule has 2 aliphatic rings. The van der Waals surface area contributed by atoms with Gasteiger partial charge in [-0.1, -0.05) is 43.0 Å². The fraction of sp³-hybridized carbons (Fsp3) is 0.647. The monoisotopic (exact) mass is 327 g/mol. The fourth-order valence-electron chi connectivity index (χ4n) is 3.69. The first-order valence-electron chi connectivity index (χ1n) is 7.98. The lowest BCUT2D eigenvalue weighted by Gasteiger charge is -2.31. The molecular weight excluding hydrogens is 305 g/mol. The Kier molecular flexibility index (Phi) is 4.98. The standard InChI is InChI=1S/C17H23Cl2NO/c1-11-3-2-4-12(7-11)10-20-16-5-6-21-17-14(16)8-13(18)9-15(17)19/h8-9,11-12,16,20H,2-7,10H2,1H3. The molecule has 116 valence electrons. The Hall–Kier alpha value is -0.440. The van der Waals surface area contributed by atoms with Crippen LogP contribution in [0.4, 0.5) is 0 Å². The maximum absolute atomic E-state index is 6.24. The molecule has 4 heteroatoms. The van der Waals surface area contributed by atoms with Gasteiger partial charge < -0.3 is 10.1 Å². The van der Waals surface area contributed by atoms with Gasteiger partial charge in [-0.05, 0) is 43.4 Å². The van der Waals surface area contributed by atoms with Crippen molar-refractivity contribution in [1.82, 2.24) is 5.32 Å². The van der Waals surface area contributed by atoms with Gasteiger partial charge >= 0.3 is 0 Å². The number of rotatable bonds is 3. The lowest BCUT2D eigenvalue weighted by molar-refractivity contribution is 0.230. The summed E-state index contributed by atoms with van der Waals surface area (Å²) in [5, 5.41) is 5.03. The van der Waals surface area contributed by atoms with Gasteiger partial charge in [0.15, 0.2) is 0 Å². The van der Waals surface area contributed by atoms with E-state index in [2.05, 4.69) is 12.2 Å². The van der Waals surface area contributed by atoms with Crippen molar-refractivity contribution in [2.75, 3.05) is 13.2 Å². The van der Waals surface area contributed by atoms with E-state index in [1.807, 2.05) is 6.07 Å². The Labute approximate surface area is 137 Å². The molecular formula is C17H23Cl2NO. The second kappa shape index (κ2) is 6.76. The van der Waals surface area contributed by atoms with Crippen LogP contribution in [0.1, 0.15) is 50.6 Å². The first kappa shape index (κ1) is 15.5.